The molecule has 1 aliphatic rings. The second kappa shape index (κ2) is 7.19. The van der Waals surface area contributed by atoms with Crippen molar-refractivity contribution in [1.82, 2.24) is 10.2 Å². The summed E-state index contributed by atoms with van der Waals surface area (Å²) in [6, 6.07) is 0. The number of nitrogens with one attached hydrogen (secondary N) is 1. The van der Waals surface area contributed by atoms with E-state index in [1.54, 1.807) is 0 Å². The quantitative estimate of drug-likeness (QED) is 0.441. The molecule has 0 bridgehead atoms. The number of guanidine groups is 1. The first-order valence-corrected chi connectivity index (χ1v) is 7.24. The average molecular weight is 386 g/mol. The minimum Gasteiger partial charge on any atom is -0.370 e. The third kappa shape index (κ3) is 5.52. The third-order valence-electron chi connectivity index (χ3n) is 3.08. The molecule has 108 valence electrons. The minimum atomic E-state index is -0.0245. The predicted octanol–water partition coefficient (Wildman–Crippen LogP) is 1.74. The first-order valence-electron chi connectivity index (χ1n) is 6.08. The normalized spacial score (nSPS) is 25.1. The van der Waals surface area contributed by atoms with Crippen LogP contribution >= 0.6 is 35.7 Å². The molecule has 1 aliphatic heterocycles. The van der Waals surface area contributed by atoms with Crippen LogP contribution in [0.3, 0.4) is 0 Å². The van der Waals surface area contributed by atoms with Crippen molar-refractivity contribution in [2.24, 2.45) is 10.7 Å². The Morgan fingerprint density at radius 1 is 1.44 bits per heavy atom. The maximum absolute atomic E-state index is 5.91. The molecule has 1 unspecified atom stereocenters. The number of nitrogens with zero attached hydrogens (tertiary/aromatic N) is 2. The zero-order chi connectivity index (χ0) is 13.1. The summed E-state index contributed by atoms with van der Waals surface area (Å²) in [6.07, 6.45) is 1.19. The molecule has 0 radical (unpaired) electrons. The van der Waals surface area contributed by atoms with Crippen molar-refractivity contribution in [2.45, 2.75) is 38.3 Å². The van der Waals surface area contributed by atoms with E-state index in [-0.39, 0.29) is 35.1 Å². The van der Waals surface area contributed by atoms with Gasteiger partial charge < -0.3 is 16.0 Å². The highest BCUT2D eigenvalue weighted by Crippen LogP contribution is 2.32. The van der Waals surface area contributed by atoms with Crippen LogP contribution < -0.4 is 11.1 Å². The number of nitrogens with two attached hydrogens (primary N) is 1. The first kappa shape index (κ1) is 18.3. The van der Waals surface area contributed by atoms with Gasteiger partial charge in [-0.15, -0.1) is 24.0 Å². The van der Waals surface area contributed by atoms with Crippen molar-refractivity contribution < 1.29 is 0 Å². The van der Waals surface area contributed by atoms with Gasteiger partial charge in [-0.2, -0.15) is 11.8 Å². The van der Waals surface area contributed by atoms with E-state index in [0.29, 0.717) is 5.96 Å². The van der Waals surface area contributed by atoms with Crippen LogP contribution in [0, 0.1) is 0 Å². The molecule has 1 saturated heterocycles. The van der Waals surface area contributed by atoms with Gasteiger partial charge in [-0.25, -0.2) is 0 Å². The number of aliphatic imine (C=N–C) groups is 1. The Balaban J connectivity index is 0.00000289. The van der Waals surface area contributed by atoms with Gasteiger partial charge in [0, 0.05) is 16.8 Å². The highest BCUT2D eigenvalue weighted by atomic mass is 127. The molecule has 1 heterocycles. The van der Waals surface area contributed by atoms with Crippen molar-refractivity contribution in [3.63, 3.8) is 0 Å². The Bertz CT molecular complexity index is 280. The molecule has 3 N–H and O–H groups in total. The van der Waals surface area contributed by atoms with Gasteiger partial charge in [0.25, 0.3) is 0 Å². The molecule has 0 aromatic rings. The van der Waals surface area contributed by atoms with Crippen LogP contribution in [0.5, 0.6) is 0 Å². The van der Waals surface area contributed by atoms with Crippen molar-refractivity contribution >= 4 is 41.7 Å². The fourth-order valence-corrected chi connectivity index (χ4v) is 3.41. The summed E-state index contributed by atoms with van der Waals surface area (Å²) in [5.74, 6) is 2.92. The molecule has 4 nitrogen and oxygen atoms in total. The molecule has 6 heteroatoms. The molecule has 0 amide bonds. The standard InChI is InChI=1S/C12H26N4S.HI/c1-11(2,3)15-10(13)14-8-12(16(4)5)6-7-17-9-12;/h6-9H2,1-5H3,(H3,13,14,15);1H. The van der Waals surface area contributed by atoms with E-state index < -0.39 is 0 Å². The molecular weight excluding hydrogens is 359 g/mol. The number of rotatable bonds is 3. The lowest BCUT2D eigenvalue weighted by molar-refractivity contribution is 0.190. The van der Waals surface area contributed by atoms with E-state index >= 15 is 0 Å². The van der Waals surface area contributed by atoms with E-state index in [0.717, 1.165) is 12.3 Å². The monoisotopic (exact) mass is 386 g/mol. The summed E-state index contributed by atoms with van der Waals surface area (Å²) in [4.78, 5) is 6.81. The van der Waals surface area contributed by atoms with Gasteiger partial charge in [0.15, 0.2) is 5.96 Å². The van der Waals surface area contributed by atoms with Crippen LogP contribution in [-0.2, 0) is 0 Å². The predicted molar refractivity (Wildman–Crippen MR) is 93.2 cm³/mol. The topological polar surface area (TPSA) is 53.6 Å². The number of halogens is 1. The van der Waals surface area contributed by atoms with Gasteiger partial charge in [-0.1, -0.05) is 0 Å². The van der Waals surface area contributed by atoms with Gasteiger partial charge in [-0.05, 0) is 47.0 Å². The average Bonchev–Trinajstić information content (AvgIpc) is 2.61. The highest BCUT2D eigenvalue weighted by Gasteiger charge is 2.36. The number of likely N-dealkylation sites (N-methyl/N-ethyl adjacent to an activating group) is 1. The van der Waals surface area contributed by atoms with Crippen LogP contribution in [0.15, 0.2) is 4.99 Å². The zero-order valence-electron chi connectivity index (χ0n) is 12.1. The summed E-state index contributed by atoms with van der Waals surface area (Å²) in [5, 5.41) is 3.20. The van der Waals surface area contributed by atoms with Crippen LogP contribution in [0.1, 0.15) is 27.2 Å². The lowest BCUT2D eigenvalue weighted by Crippen LogP contribution is -2.49. The summed E-state index contributed by atoms with van der Waals surface area (Å²) in [5.41, 5.74) is 6.08. The number of hydrogen-bond acceptors (Lipinski definition) is 3. The van der Waals surface area contributed by atoms with Crippen LogP contribution in [-0.4, -0.2) is 54.1 Å². The molecule has 1 rings (SSSR count). The highest BCUT2D eigenvalue weighted by molar-refractivity contribution is 14.0. The largest absolute Gasteiger partial charge is 0.370 e. The summed E-state index contributed by atoms with van der Waals surface area (Å²) in [6.45, 7) is 7.04. The Labute approximate surface area is 133 Å². The van der Waals surface area contributed by atoms with Crippen LogP contribution in [0.4, 0.5) is 0 Å². The molecular formula is C12H27IN4S. The molecule has 18 heavy (non-hydrogen) atoms. The maximum Gasteiger partial charge on any atom is 0.189 e. The van der Waals surface area contributed by atoms with Crippen molar-refractivity contribution in [1.29, 1.82) is 0 Å². The van der Waals surface area contributed by atoms with Gasteiger partial charge in [0.1, 0.15) is 0 Å². The maximum atomic E-state index is 5.91. The molecule has 1 fully saturated rings. The molecule has 0 saturated carbocycles. The zero-order valence-corrected chi connectivity index (χ0v) is 15.3. The van der Waals surface area contributed by atoms with Gasteiger partial charge in [-0.3, -0.25) is 4.99 Å². The minimum absolute atomic E-state index is 0. The van der Waals surface area contributed by atoms with Gasteiger partial charge in [0.2, 0.25) is 0 Å². The Hall–Kier alpha value is 0.310. The Kier molecular flexibility index (Phi) is 7.31. The molecule has 1 atom stereocenters. The summed E-state index contributed by atoms with van der Waals surface area (Å²) in [7, 11) is 4.27. The summed E-state index contributed by atoms with van der Waals surface area (Å²) >= 11 is 2.00. The summed E-state index contributed by atoms with van der Waals surface area (Å²) < 4.78 is 0. The van der Waals surface area contributed by atoms with Crippen molar-refractivity contribution in [2.75, 3.05) is 32.1 Å². The lowest BCUT2D eigenvalue weighted by Gasteiger charge is -2.34. The first-order chi connectivity index (χ1) is 7.75. The Morgan fingerprint density at radius 2 is 2.06 bits per heavy atom. The van der Waals surface area contributed by atoms with Gasteiger partial charge >= 0.3 is 0 Å². The number of hydrogen-bond donors (Lipinski definition) is 2. The van der Waals surface area contributed by atoms with E-state index in [2.05, 4.69) is 50.1 Å². The molecule has 0 aliphatic carbocycles. The second-order valence-electron chi connectivity index (χ2n) is 6.00. The second-order valence-corrected chi connectivity index (χ2v) is 7.10. The van der Waals surface area contributed by atoms with Gasteiger partial charge in [0.05, 0.1) is 6.54 Å². The van der Waals surface area contributed by atoms with Crippen molar-refractivity contribution in [3.05, 3.63) is 0 Å². The molecule has 0 spiro atoms. The fraction of sp³-hybridized carbons (Fsp3) is 0.917. The third-order valence-corrected chi connectivity index (χ3v) is 4.31. The fourth-order valence-electron chi connectivity index (χ4n) is 1.87. The van der Waals surface area contributed by atoms with E-state index in [1.807, 2.05) is 11.8 Å². The number of thioether (sulfide) groups is 1. The van der Waals surface area contributed by atoms with E-state index in [9.17, 15) is 0 Å². The van der Waals surface area contributed by atoms with Crippen LogP contribution in [0.25, 0.3) is 0 Å². The van der Waals surface area contributed by atoms with E-state index in [1.165, 1.54) is 12.2 Å². The molecule has 0 aromatic heterocycles. The molecule has 0 aromatic carbocycles. The van der Waals surface area contributed by atoms with E-state index in [4.69, 9.17) is 5.73 Å². The Morgan fingerprint density at radius 3 is 2.44 bits per heavy atom. The smallest absolute Gasteiger partial charge is 0.189 e. The SMILES string of the molecule is CN(C)C1(CN=C(N)NC(C)(C)C)CCSC1.I. The van der Waals surface area contributed by atoms with Crippen LogP contribution in [0.2, 0.25) is 0 Å². The lowest BCUT2D eigenvalue weighted by atomic mass is 9.98. The van der Waals surface area contributed by atoms with Crippen molar-refractivity contribution in [3.8, 4) is 0 Å².